The molecule has 170 valence electrons. The quantitative estimate of drug-likeness (QED) is 0.335. The smallest absolute Gasteiger partial charge is 0.335 e. The second-order valence-corrected chi connectivity index (χ2v) is 8.61. The van der Waals surface area contributed by atoms with Gasteiger partial charge in [-0.25, -0.2) is 4.79 Å². The van der Waals surface area contributed by atoms with Gasteiger partial charge in [-0.2, -0.15) is 0 Å². The molecule has 4 aromatic rings. The van der Waals surface area contributed by atoms with E-state index < -0.39 is 12.0 Å². The number of nitrogens with zero attached hydrogens (tertiary/aromatic N) is 3. The molecule has 0 bridgehead atoms. The highest BCUT2D eigenvalue weighted by molar-refractivity contribution is 7.80. The van der Waals surface area contributed by atoms with Gasteiger partial charge in [0.25, 0.3) is 0 Å². The number of halogens is 1. The minimum atomic E-state index is -1.00. The molecule has 2 atom stereocenters. The number of anilines is 1. The van der Waals surface area contributed by atoms with Crippen LogP contribution in [0, 0.1) is 0 Å². The molecule has 2 aromatic carbocycles. The van der Waals surface area contributed by atoms with Gasteiger partial charge in [-0.15, -0.1) is 0 Å². The molecule has 1 saturated heterocycles. The van der Waals surface area contributed by atoms with E-state index in [2.05, 4.69) is 10.3 Å². The fraction of sp³-hybridized carbons (Fsp3) is 0.0800. The van der Waals surface area contributed by atoms with E-state index in [0.29, 0.717) is 21.5 Å². The number of benzene rings is 2. The van der Waals surface area contributed by atoms with E-state index in [1.165, 1.54) is 6.07 Å². The van der Waals surface area contributed by atoms with Crippen LogP contribution in [0.15, 0.2) is 85.2 Å². The van der Waals surface area contributed by atoms with Crippen molar-refractivity contribution in [1.82, 2.24) is 14.9 Å². The molecule has 5 rings (SSSR count). The number of hydrogen-bond acceptors (Lipinski definition) is 4. The van der Waals surface area contributed by atoms with Gasteiger partial charge in [0.05, 0.1) is 23.0 Å². The first-order valence-corrected chi connectivity index (χ1v) is 11.2. The Kier molecular flexibility index (Phi) is 5.69. The zero-order chi connectivity index (χ0) is 23.8. The van der Waals surface area contributed by atoms with Gasteiger partial charge in [-0.3, -0.25) is 4.98 Å². The molecule has 1 fully saturated rings. The molecule has 1 aliphatic heterocycles. The molecule has 0 spiro atoms. The van der Waals surface area contributed by atoms with Crippen LogP contribution < -0.4 is 10.2 Å². The summed E-state index contributed by atoms with van der Waals surface area (Å²) < 4.78 is 1.91. The van der Waals surface area contributed by atoms with E-state index in [9.17, 15) is 15.0 Å². The minimum absolute atomic E-state index is 0.0335. The van der Waals surface area contributed by atoms with Gasteiger partial charge < -0.3 is 25.0 Å². The van der Waals surface area contributed by atoms with Crippen molar-refractivity contribution in [2.24, 2.45) is 0 Å². The van der Waals surface area contributed by atoms with Crippen LogP contribution in [0.5, 0.6) is 5.75 Å². The lowest BCUT2D eigenvalue weighted by molar-refractivity contribution is 0.0697. The first-order chi connectivity index (χ1) is 16.4. The van der Waals surface area contributed by atoms with Crippen LogP contribution in [0.1, 0.15) is 33.8 Å². The highest BCUT2D eigenvalue weighted by Gasteiger charge is 2.43. The Morgan fingerprint density at radius 2 is 1.91 bits per heavy atom. The van der Waals surface area contributed by atoms with Crippen LogP contribution in [-0.2, 0) is 0 Å². The first kappa shape index (κ1) is 21.9. The Morgan fingerprint density at radius 3 is 2.68 bits per heavy atom. The number of hydrogen-bond donors (Lipinski definition) is 3. The summed E-state index contributed by atoms with van der Waals surface area (Å²) in [5.41, 5.74) is 2.92. The molecule has 9 heteroatoms. The van der Waals surface area contributed by atoms with Crippen LogP contribution in [0.2, 0.25) is 5.02 Å². The lowest BCUT2D eigenvalue weighted by Gasteiger charge is -2.29. The molecule has 3 N–H and O–H groups in total. The number of aromatic carboxylic acids is 1. The predicted molar refractivity (Wildman–Crippen MR) is 134 cm³/mol. The van der Waals surface area contributed by atoms with E-state index >= 15 is 0 Å². The lowest BCUT2D eigenvalue weighted by atomic mass is 10.0. The summed E-state index contributed by atoms with van der Waals surface area (Å²) in [5, 5.41) is 24.4. The Labute approximate surface area is 205 Å². The van der Waals surface area contributed by atoms with E-state index in [0.717, 1.165) is 11.4 Å². The zero-order valence-corrected chi connectivity index (χ0v) is 19.2. The summed E-state index contributed by atoms with van der Waals surface area (Å²) in [7, 11) is 0. The predicted octanol–water partition coefficient (Wildman–Crippen LogP) is 5.11. The van der Waals surface area contributed by atoms with Crippen molar-refractivity contribution in [3.8, 4) is 11.4 Å². The van der Waals surface area contributed by atoms with Gasteiger partial charge in [0.15, 0.2) is 5.11 Å². The van der Waals surface area contributed by atoms with Crippen LogP contribution in [-0.4, -0.2) is 30.8 Å². The Morgan fingerprint density at radius 1 is 1.06 bits per heavy atom. The van der Waals surface area contributed by atoms with Crippen LogP contribution in [0.4, 0.5) is 5.69 Å². The third kappa shape index (κ3) is 3.87. The maximum Gasteiger partial charge on any atom is 0.335 e. The Hall–Kier alpha value is -3.88. The average molecular weight is 491 g/mol. The molecule has 7 nitrogen and oxygen atoms in total. The summed E-state index contributed by atoms with van der Waals surface area (Å²) in [6, 6.07) is 20.2. The average Bonchev–Trinajstić information content (AvgIpc) is 3.45. The highest BCUT2D eigenvalue weighted by Crippen LogP contribution is 2.45. The summed E-state index contributed by atoms with van der Waals surface area (Å²) in [4.78, 5) is 17.9. The number of carbonyl (C=O) groups is 1. The van der Waals surface area contributed by atoms with Crippen LogP contribution >= 0.6 is 23.8 Å². The van der Waals surface area contributed by atoms with Crippen molar-refractivity contribution in [3.05, 3.63) is 107 Å². The number of thiocarbonyl (C=S) groups is 1. The molecule has 0 unspecified atom stereocenters. The van der Waals surface area contributed by atoms with Crippen molar-refractivity contribution >= 4 is 40.6 Å². The number of nitrogens with one attached hydrogen (secondary N) is 1. The third-order valence-corrected chi connectivity index (χ3v) is 6.30. The maximum atomic E-state index is 11.6. The number of aromatic nitrogens is 2. The summed E-state index contributed by atoms with van der Waals surface area (Å²) in [6.07, 6.45) is 3.58. The van der Waals surface area contributed by atoms with E-state index in [1.807, 2.05) is 52.1 Å². The van der Waals surface area contributed by atoms with Gasteiger partial charge in [-0.1, -0.05) is 23.7 Å². The molecule has 0 aliphatic carbocycles. The number of rotatable bonds is 5. The van der Waals surface area contributed by atoms with Crippen molar-refractivity contribution in [3.63, 3.8) is 0 Å². The van der Waals surface area contributed by atoms with Gasteiger partial charge in [0.1, 0.15) is 11.8 Å². The molecular formula is C25H19ClN4O3S. The highest BCUT2D eigenvalue weighted by atomic mass is 35.5. The summed E-state index contributed by atoms with van der Waals surface area (Å²) in [6.45, 7) is 0. The number of carboxylic acid groups (broad SMARTS) is 1. The fourth-order valence-corrected chi connectivity index (χ4v) is 4.77. The van der Waals surface area contributed by atoms with Gasteiger partial charge in [0.2, 0.25) is 0 Å². The normalized spacial score (nSPS) is 17.6. The monoisotopic (exact) mass is 490 g/mol. The van der Waals surface area contributed by atoms with Crippen LogP contribution in [0.25, 0.3) is 5.69 Å². The van der Waals surface area contributed by atoms with E-state index in [-0.39, 0.29) is 17.4 Å². The number of pyridine rings is 1. The molecule has 3 heterocycles. The van der Waals surface area contributed by atoms with Crippen molar-refractivity contribution < 1.29 is 15.0 Å². The summed E-state index contributed by atoms with van der Waals surface area (Å²) in [5.74, 6) is -0.970. The topological polar surface area (TPSA) is 90.6 Å². The largest absolute Gasteiger partial charge is 0.506 e. The van der Waals surface area contributed by atoms with Gasteiger partial charge in [0, 0.05) is 28.8 Å². The fourth-order valence-electron chi connectivity index (χ4n) is 4.26. The SMILES string of the molecule is O=C(O)c1cccc(-n2cccc2[C@@H]2[C@@H](c3ccccn3)NC(=S)N2c2cc(Cl)ccc2O)c1. The molecule has 0 saturated carbocycles. The molecule has 2 aromatic heterocycles. The van der Waals surface area contributed by atoms with E-state index in [4.69, 9.17) is 23.8 Å². The molecule has 1 aliphatic rings. The Balaban J connectivity index is 1.69. The molecule has 0 amide bonds. The van der Waals surface area contributed by atoms with Crippen molar-refractivity contribution in [2.75, 3.05) is 4.90 Å². The van der Waals surface area contributed by atoms with Crippen molar-refractivity contribution in [1.29, 1.82) is 0 Å². The molecule has 0 radical (unpaired) electrons. The number of carboxylic acids is 1. The standard InChI is InChI=1S/C25H19ClN4O3S/c26-16-9-10-21(31)20(14-16)30-23(22(28-25(30)34)18-7-1-2-11-27-18)19-8-4-12-29(19)17-6-3-5-15(13-17)24(32)33/h1-14,22-23,31H,(H,28,34)(H,32,33)/t22-,23-/m1/s1. The molecule has 34 heavy (non-hydrogen) atoms. The molecular weight excluding hydrogens is 472 g/mol. The summed E-state index contributed by atoms with van der Waals surface area (Å²) >= 11 is 12.0. The maximum absolute atomic E-state index is 11.6. The number of aromatic hydroxyl groups is 1. The second-order valence-electron chi connectivity index (χ2n) is 7.79. The lowest BCUT2D eigenvalue weighted by Crippen LogP contribution is -2.30. The van der Waals surface area contributed by atoms with Crippen LogP contribution in [0.3, 0.4) is 0 Å². The third-order valence-electron chi connectivity index (χ3n) is 5.75. The first-order valence-electron chi connectivity index (χ1n) is 10.4. The van der Waals surface area contributed by atoms with Gasteiger partial charge >= 0.3 is 5.97 Å². The van der Waals surface area contributed by atoms with Crippen molar-refractivity contribution in [2.45, 2.75) is 12.1 Å². The van der Waals surface area contributed by atoms with Gasteiger partial charge in [-0.05, 0) is 72.9 Å². The van der Waals surface area contributed by atoms with E-state index in [1.54, 1.807) is 36.5 Å². The second kappa shape index (κ2) is 8.81. The number of phenolic OH excluding ortho intramolecular Hbond substituents is 1. The minimum Gasteiger partial charge on any atom is -0.506 e. The Bertz CT molecular complexity index is 1390. The number of phenols is 1. The zero-order valence-electron chi connectivity index (χ0n) is 17.7.